The zero-order valence-corrected chi connectivity index (χ0v) is 21.2. The van der Waals surface area contributed by atoms with E-state index < -0.39 is 0 Å². The van der Waals surface area contributed by atoms with Gasteiger partial charge in [-0.3, -0.25) is 14.0 Å². The number of furan rings is 1. The zero-order valence-electron chi connectivity index (χ0n) is 21.2. The Hall–Kier alpha value is -4.40. The van der Waals surface area contributed by atoms with Crippen LogP contribution in [-0.4, -0.2) is 37.6 Å². The molecule has 190 valence electrons. The Morgan fingerprint density at radius 2 is 2.11 bits per heavy atom. The van der Waals surface area contributed by atoms with Gasteiger partial charge in [-0.15, -0.1) is 0 Å². The molecule has 5 rings (SSSR count). The summed E-state index contributed by atoms with van der Waals surface area (Å²) in [5.74, 6) is 1.02. The van der Waals surface area contributed by atoms with Crippen LogP contribution in [0.3, 0.4) is 0 Å². The number of hydrogen-bond donors (Lipinski definition) is 2. The number of anilines is 2. The maximum Gasteiger partial charge on any atom is 0.291 e. The van der Waals surface area contributed by atoms with Crippen LogP contribution in [0.15, 0.2) is 60.0 Å². The second kappa shape index (κ2) is 9.57. The van der Waals surface area contributed by atoms with Gasteiger partial charge in [-0.25, -0.2) is 9.97 Å². The monoisotopic (exact) mass is 498 g/mol. The quantitative estimate of drug-likeness (QED) is 0.357. The Balaban J connectivity index is 1.48. The maximum absolute atomic E-state index is 13.0. The van der Waals surface area contributed by atoms with Crippen LogP contribution in [-0.2, 0) is 4.79 Å². The van der Waals surface area contributed by atoms with Gasteiger partial charge < -0.3 is 20.4 Å². The van der Waals surface area contributed by atoms with Gasteiger partial charge in [0.05, 0.1) is 6.04 Å². The third kappa shape index (κ3) is 4.37. The first-order valence-electron chi connectivity index (χ1n) is 12.3. The van der Waals surface area contributed by atoms with Crippen molar-refractivity contribution in [1.29, 1.82) is 0 Å². The van der Waals surface area contributed by atoms with Crippen LogP contribution < -0.4 is 11.1 Å². The molecular weight excluding hydrogens is 468 g/mol. The molecule has 9 heteroatoms. The van der Waals surface area contributed by atoms with E-state index in [-0.39, 0.29) is 23.6 Å². The molecule has 1 saturated heterocycles. The largest absolute Gasteiger partial charge is 0.458 e. The van der Waals surface area contributed by atoms with Crippen molar-refractivity contribution in [3.05, 3.63) is 78.3 Å². The number of imidazole rings is 1. The standard InChI is InChI=1S/C28H30N6O3/c1-5-23(35)33-11-6-7-21(33)27-32-24(25-26(29)30-10-12-34(25)27)18-14-22(37-15-18)28(36)31-19-8-9-20(16(2)3)17(4)13-19/h5,8-10,12-16,21H,1,6-7,11H2,2-4H3,(H2,29,30)(H,31,36)/t21-/m0/s1. The number of nitrogens with two attached hydrogens (primary N) is 1. The second-order valence-corrected chi connectivity index (χ2v) is 9.62. The van der Waals surface area contributed by atoms with Crippen LogP contribution in [0.25, 0.3) is 16.8 Å². The van der Waals surface area contributed by atoms with Crippen molar-refractivity contribution in [3.8, 4) is 11.3 Å². The molecule has 3 N–H and O–H groups in total. The molecule has 2 amide bonds. The van der Waals surface area contributed by atoms with Gasteiger partial charge in [0.25, 0.3) is 5.91 Å². The number of aryl methyl sites for hydroxylation is 1. The van der Waals surface area contributed by atoms with Crippen molar-refractivity contribution in [1.82, 2.24) is 19.3 Å². The molecule has 0 aliphatic carbocycles. The summed E-state index contributed by atoms with van der Waals surface area (Å²) < 4.78 is 7.51. The van der Waals surface area contributed by atoms with Crippen LogP contribution >= 0.6 is 0 Å². The molecule has 0 unspecified atom stereocenters. The number of nitrogen functional groups attached to an aromatic ring is 1. The minimum absolute atomic E-state index is 0.137. The van der Waals surface area contributed by atoms with Crippen LogP contribution in [0.5, 0.6) is 0 Å². The minimum atomic E-state index is -0.365. The number of benzene rings is 1. The first-order chi connectivity index (χ1) is 17.8. The predicted molar refractivity (Wildman–Crippen MR) is 142 cm³/mol. The average molecular weight is 499 g/mol. The molecule has 4 aromatic rings. The average Bonchev–Trinajstić information content (AvgIpc) is 3.61. The SMILES string of the molecule is C=CC(=O)N1CCC[C@H]1c1nc(-c2coc(C(=O)Nc3ccc(C(C)C)c(C)c3)c2)c2c(N)nccn12. The van der Waals surface area contributed by atoms with Crippen LogP contribution in [0.1, 0.15) is 66.2 Å². The number of amides is 2. The van der Waals surface area contributed by atoms with Gasteiger partial charge in [0.15, 0.2) is 5.76 Å². The molecule has 1 aliphatic heterocycles. The van der Waals surface area contributed by atoms with Gasteiger partial charge in [0.2, 0.25) is 5.91 Å². The molecule has 0 bridgehead atoms. The van der Waals surface area contributed by atoms with Gasteiger partial charge in [-0.1, -0.05) is 26.5 Å². The number of rotatable bonds is 6. The highest BCUT2D eigenvalue weighted by molar-refractivity contribution is 6.03. The van der Waals surface area contributed by atoms with Crippen LogP contribution in [0.2, 0.25) is 0 Å². The Morgan fingerprint density at radius 1 is 1.30 bits per heavy atom. The Kier molecular flexibility index (Phi) is 6.29. The van der Waals surface area contributed by atoms with E-state index in [4.69, 9.17) is 15.1 Å². The summed E-state index contributed by atoms with van der Waals surface area (Å²) in [7, 11) is 0. The van der Waals surface area contributed by atoms with E-state index in [0.717, 1.165) is 18.4 Å². The number of aromatic nitrogens is 3. The Labute approximate surface area is 215 Å². The summed E-state index contributed by atoms with van der Waals surface area (Å²) in [6.45, 7) is 10.6. The lowest BCUT2D eigenvalue weighted by Gasteiger charge is -2.22. The molecule has 0 saturated carbocycles. The van der Waals surface area contributed by atoms with Gasteiger partial charge >= 0.3 is 0 Å². The fraction of sp³-hybridized carbons (Fsp3) is 0.286. The van der Waals surface area contributed by atoms with E-state index in [9.17, 15) is 9.59 Å². The summed E-state index contributed by atoms with van der Waals surface area (Å²) in [4.78, 5) is 36.3. The van der Waals surface area contributed by atoms with E-state index in [1.807, 2.05) is 29.5 Å². The van der Waals surface area contributed by atoms with E-state index >= 15 is 0 Å². The highest BCUT2D eigenvalue weighted by Crippen LogP contribution is 2.37. The summed E-state index contributed by atoms with van der Waals surface area (Å²) >= 11 is 0. The first-order valence-corrected chi connectivity index (χ1v) is 12.3. The zero-order chi connectivity index (χ0) is 26.3. The van der Waals surface area contributed by atoms with Crippen molar-refractivity contribution >= 4 is 28.8 Å². The third-order valence-corrected chi connectivity index (χ3v) is 6.87. The number of likely N-dealkylation sites (tertiary alicyclic amines) is 1. The van der Waals surface area contributed by atoms with E-state index in [0.29, 0.717) is 46.6 Å². The van der Waals surface area contributed by atoms with Crippen molar-refractivity contribution in [2.45, 2.75) is 45.6 Å². The smallest absolute Gasteiger partial charge is 0.291 e. The van der Waals surface area contributed by atoms with Crippen molar-refractivity contribution in [3.63, 3.8) is 0 Å². The summed E-state index contributed by atoms with van der Waals surface area (Å²) in [6, 6.07) is 7.30. The molecule has 3 aromatic heterocycles. The second-order valence-electron chi connectivity index (χ2n) is 9.62. The molecule has 1 aromatic carbocycles. The number of nitrogens with one attached hydrogen (secondary N) is 1. The highest BCUT2D eigenvalue weighted by atomic mass is 16.3. The maximum atomic E-state index is 13.0. The number of nitrogens with zero attached hydrogens (tertiary/aromatic N) is 4. The Morgan fingerprint density at radius 3 is 2.84 bits per heavy atom. The normalized spacial score (nSPS) is 15.5. The minimum Gasteiger partial charge on any atom is -0.458 e. The van der Waals surface area contributed by atoms with E-state index in [2.05, 4.69) is 30.7 Å². The number of carbonyl (C=O) groups is 2. The topological polar surface area (TPSA) is 119 Å². The van der Waals surface area contributed by atoms with Crippen molar-refractivity contribution < 1.29 is 14.0 Å². The fourth-order valence-corrected chi connectivity index (χ4v) is 5.11. The van der Waals surface area contributed by atoms with Crippen molar-refractivity contribution in [2.24, 2.45) is 0 Å². The molecule has 4 heterocycles. The molecule has 1 aliphatic rings. The number of carbonyl (C=O) groups excluding carboxylic acids is 2. The highest BCUT2D eigenvalue weighted by Gasteiger charge is 2.33. The lowest BCUT2D eigenvalue weighted by atomic mass is 9.98. The molecular formula is C28H30N6O3. The van der Waals surface area contributed by atoms with Crippen LogP contribution in [0, 0.1) is 6.92 Å². The third-order valence-electron chi connectivity index (χ3n) is 6.87. The molecule has 0 spiro atoms. The lowest BCUT2D eigenvalue weighted by Crippen LogP contribution is -2.29. The summed E-state index contributed by atoms with van der Waals surface area (Å²) in [5.41, 5.74) is 11.1. The molecule has 9 nitrogen and oxygen atoms in total. The predicted octanol–water partition coefficient (Wildman–Crippen LogP) is 5.11. The van der Waals surface area contributed by atoms with Gasteiger partial charge in [0, 0.05) is 30.2 Å². The van der Waals surface area contributed by atoms with E-state index in [1.165, 1.54) is 17.9 Å². The lowest BCUT2D eigenvalue weighted by molar-refractivity contribution is -0.127. The summed E-state index contributed by atoms with van der Waals surface area (Å²) in [5, 5.41) is 2.90. The van der Waals surface area contributed by atoms with Gasteiger partial charge in [0.1, 0.15) is 29.1 Å². The van der Waals surface area contributed by atoms with Gasteiger partial charge in [-0.05, 0) is 61.1 Å². The van der Waals surface area contributed by atoms with E-state index in [1.54, 1.807) is 23.4 Å². The fourth-order valence-electron chi connectivity index (χ4n) is 5.11. The summed E-state index contributed by atoms with van der Waals surface area (Å²) in [6.07, 6.45) is 7.83. The molecule has 0 radical (unpaired) electrons. The molecule has 1 fully saturated rings. The number of hydrogen-bond acceptors (Lipinski definition) is 6. The van der Waals surface area contributed by atoms with Gasteiger partial charge in [-0.2, -0.15) is 0 Å². The van der Waals surface area contributed by atoms with Crippen LogP contribution in [0.4, 0.5) is 11.5 Å². The molecule has 1 atom stereocenters. The molecule has 37 heavy (non-hydrogen) atoms. The first kappa shape index (κ1) is 24.3. The Bertz CT molecular complexity index is 1520. The van der Waals surface area contributed by atoms with Crippen molar-refractivity contribution in [2.75, 3.05) is 17.6 Å². The number of fused-ring (bicyclic) bond motifs is 1.